The van der Waals surface area contributed by atoms with Crippen molar-refractivity contribution in [1.82, 2.24) is 0 Å². The van der Waals surface area contributed by atoms with Crippen molar-refractivity contribution >= 4 is 7.12 Å². The third-order valence-electron chi connectivity index (χ3n) is 5.19. The minimum absolute atomic E-state index is 0.0357. The highest BCUT2D eigenvalue weighted by atomic mass is 16.7. The fourth-order valence-electron chi connectivity index (χ4n) is 3.22. The van der Waals surface area contributed by atoms with Gasteiger partial charge in [-0.15, -0.1) is 0 Å². The van der Waals surface area contributed by atoms with E-state index in [0.717, 1.165) is 12.7 Å². The summed E-state index contributed by atoms with van der Waals surface area (Å²) in [5.41, 5.74) is 0.358. The van der Waals surface area contributed by atoms with Gasteiger partial charge < -0.3 is 9.31 Å². The second-order valence-corrected chi connectivity index (χ2v) is 7.08. The van der Waals surface area contributed by atoms with E-state index in [1.54, 1.807) is 0 Å². The number of hydrogen-bond donors (Lipinski definition) is 0. The molecule has 1 heterocycles. The molecule has 1 saturated carbocycles. The Labute approximate surface area is 107 Å². The van der Waals surface area contributed by atoms with E-state index < -0.39 is 0 Å². The smallest absolute Gasteiger partial charge is 0.406 e. The van der Waals surface area contributed by atoms with Gasteiger partial charge in [0, 0.05) is 0 Å². The SMILES string of the molecule is CC(C)CB1O[C@@H]2[C@@H](C[C@@H](C)C(C)(C)[C@H]2C)O1. The van der Waals surface area contributed by atoms with Crippen LogP contribution in [-0.2, 0) is 9.31 Å². The summed E-state index contributed by atoms with van der Waals surface area (Å²) in [5, 5.41) is 0. The highest BCUT2D eigenvalue weighted by Gasteiger charge is 2.52. The van der Waals surface area contributed by atoms with Crippen LogP contribution in [-0.4, -0.2) is 19.3 Å². The van der Waals surface area contributed by atoms with Crippen molar-refractivity contribution in [3.8, 4) is 0 Å². The third kappa shape index (κ3) is 2.41. The van der Waals surface area contributed by atoms with Gasteiger partial charge in [-0.1, -0.05) is 41.5 Å². The van der Waals surface area contributed by atoms with Gasteiger partial charge in [-0.2, -0.15) is 0 Å². The second-order valence-electron chi connectivity index (χ2n) is 7.08. The summed E-state index contributed by atoms with van der Waals surface area (Å²) < 4.78 is 12.2. The van der Waals surface area contributed by atoms with Crippen molar-refractivity contribution in [1.29, 1.82) is 0 Å². The minimum Gasteiger partial charge on any atom is -0.406 e. The summed E-state index contributed by atoms with van der Waals surface area (Å²) in [5.74, 6) is 1.93. The van der Waals surface area contributed by atoms with Gasteiger partial charge >= 0.3 is 7.12 Å². The molecule has 0 amide bonds. The van der Waals surface area contributed by atoms with Gasteiger partial charge in [-0.05, 0) is 35.9 Å². The zero-order valence-corrected chi connectivity index (χ0v) is 12.2. The summed E-state index contributed by atoms with van der Waals surface area (Å²) in [7, 11) is 0.0357. The lowest BCUT2D eigenvalue weighted by Crippen LogP contribution is -2.48. The lowest BCUT2D eigenvalue weighted by Gasteiger charge is -2.47. The molecule has 0 spiro atoms. The molecule has 4 atom stereocenters. The first-order chi connectivity index (χ1) is 7.82. The first-order valence-corrected chi connectivity index (χ1v) is 7.13. The molecule has 3 heteroatoms. The molecule has 2 aliphatic rings. The maximum Gasteiger partial charge on any atom is 0.457 e. The Bertz CT molecular complexity index is 277. The van der Waals surface area contributed by atoms with Crippen LogP contribution in [0.4, 0.5) is 0 Å². The van der Waals surface area contributed by atoms with Crippen molar-refractivity contribution in [2.24, 2.45) is 23.2 Å². The molecule has 2 fully saturated rings. The van der Waals surface area contributed by atoms with Crippen molar-refractivity contribution in [3.63, 3.8) is 0 Å². The van der Waals surface area contributed by atoms with Gasteiger partial charge in [-0.3, -0.25) is 0 Å². The van der Waals surface area contributed by atoms with Crippen LogP contribution in [0.15, 0.2) is 0 Å². The number of hydrogen-bond acceptors (Lipinski definition) is 2. The van der Waals surface area contributed by atoms with Crippen LogP contribution in [0.5, 0.6) is 0 Å². The molecular formula is C14H27BO2. The first-order valence-electron chi connectivity index (χ1n) is 7.13. The molecule has 0 aromatic heterocycles. The van der Waals surface area contributed by atoms with E-state index in [0.29, 0.717) is 35.4 Å². The van der Waals surface area contributed by atoms with E-state index in [1.807, 2.05) is 0 Å². The number of rotatable bonds is 2. The molecule has 1 saturated heterocycles. The van der Waals surface area contributed by atoms with E-state index in [4.69, 9.17) is 9.31 Å². The molecule has 0 unspecified atom stereocenters. The van der Waals surface area contributed by atoms with Crippen LogP contribution in [0, 0.1) is 23.2 Å². The van der Waals surface area contributed by atoms with Crippen LogP contribution < -0.4 is 0 Å². The van der Waals surface area contributed by atoms with Crippen molar-refractivity contribution in [2.45, 2.75) is 66.5 Å². The average molecular weight is 238 g/mol. The molecule has 0 bridgehead atoms. The Balaban J connectivity index is 2.06. The maximum atomic E-state index is 6.15. The molecule has 98 valence electrons. The van der Waals surface area contributed by atoms with Crippen LogP contribution in [0.1, 0.15) is 48.0 Å². The van der Waals surface area contributed by atoms with E-state index in [9.17, 15) is 0 Å². The molecule has 2 nitrogen and oxygen atoms in total. The Kier molecular flexibility index (Phi) is 3.62. The van der Waals surface area contributed by atoms with Gasteiger partial charge in [0.15, 0.2) is 0 Å². The summed E-state index contributed by atoms with van der Waals surface area (Å²) in [6.45, 7) is 13.9. The predicted molar refractivity (Wildman–Crippen MR) is 71.9 cm³/mol. The molecule has 2 rings (SSSR count). The highest BCUT2D eigenvalue weighted by Crippen LogP contribution is 2.49. The fourth-order valence-corrected chi connectivity index (χ4v) is 3.22. The van der Waals surface area contributed by atoms with E-state index in [-0.39, 0.29) is 7.12 Å². The van der Waals surface area contributed by atoms with Crippen LogP contribution in [0.3, 0.4) is 0 Å². The van der Waals surface area contributed by atoms with Crippen LogP contribution in [0.2, 0.25) is 6.32 Å². The molecule has 0 N–H and O–H groups in total. The zero-order valence-electron chi connectivity index (χ0n) is 12.2. The van der Waals surface area contributed by atoms with E-state index in [1.165, 1.54) is 0 Å². The minimum atomic E-state index is 0.0357. The average Bonchev–Trinajstić information content (AvgIpc) is 2.57. The predicted octanol–water partition coefficient (Wildman–Crippen LogP) is 3.62. The van der Waals surface area contributed by atoms with Crippen molar-refractivity contribution in [2.75, 3.05) is 0 Å². The lowest BCUT2D eigenvalue weighted by atomic mass is 9.61. The molecule has 0 aromatic carbocycles. The van der Waals surface area contributed by atoms with E-state index >= 15 is 0 Å². The lowest BCUT2D eigenvalue weighted by molar-refractivity contribution is -0.0453. The van der Waals surface area contributed by atoms with Gasteiger partial charge in [0.05, 0.1) is 12.2 Å². The Hall–Kier alpha value is -0.0151. The van der Waals surface area contributed by atoms with Crippen molar-refractivity contribution < 1.29 is 9.31 Å². The Morgan fingerprint density at radius 1 is 1.24 bits per heavy atom. The monoisotopic (exact) mass is 238 g/mol. The summed E-state index contributed by atoms with van der Waals surface area (Å²) in [6.07, 6.45) is 2.81. The molecule has 1 aliphatic carbocycles. The topological polar surface area (TPSA) is 18.5 Å². The molecule has 17 heavy (non-hydrogen) atoms. The largest absolute Gasteiger partial charge is 0.457 e. The fraction of sp³-hybridized carbons (Fsp3) is 1.00. The first kappa shape index (κ1) is 13.4. The summed E-state index contributed by atoms with van der Waals surface area (Å²) in [4.78, 5) is 0. The normalized spacial score (nSPS) is 40.8. The number of fused-ring (bicyclic) bond motifs is 1. The van der Waals surface area contributed by atoms with E-state index in [2.05, 4.69) is 41.5 Å². The second kappa shape index (κ2) is 4.58. The van der Waals surface area contributed by atoms with Gasteiger partial charge in [0.25, 0.3) is 0 Å². The van der Waals surface area contributed by atoms with Gasteiger partial charge in [-0.25, -0.2) is 0 Å². The van der Waals surface area contributed by atoms with Crippen molar-refractivity contribution in [3.05, 3.63) is 0 Å². The standard InChI is InChI=1S/C14H27BO2/c1-9(2)8-15-16-12-7-10(3)14(5,6)11(4)13(12)17-15/h9-13H,7-8H2,1-6H3/t10-,11+,12-,13+/m1/s1. The third-order valence-corrected chi connectivity index (χ3v) is 5.19. The van der Waals surface area contributed by atoms with Crippen LogP contribution in [0.25, 0.3) is 0 Å². The zero-order chi connectivity index (χ0) is 12.8. The van der Waals surface area contributed by atoms with Gasteiger partial charge in [0.2, 0.25) is 0 Å². The quantitative estimate of drug-likeness (QED) is 0.684. The summed E-state index contributed by atoms with van der Waals surface area (Å²) >= 11 is 0. The highest BCUT2D eigenvalue weighted by molar-refractivity contribution is 6.45. The molecular weight excluding hydrogens is 211 g/mol. The summed E-state index contributed by atoms with van der Waals surface area (Å²) in [6, 6.07) is 0. The Morgan fingerprint density at radius 3 is 2.47 bits per heavy atom. The maximum absolute atomic E-state index is 6.15. The molecule has 0 aromatic rings. The molecule has 0 radical (unpaired) electrons. The van der Waals surface area contributed by atoms with Gasteiger partial charge in [0.1, 0.15) is 0 Å². The molecule has 1 aliphatic heterocycles. The Morgan fingerprint density at radius 2 is 1.88 bits per heavy atom. The van der Waals surface area contributed by atoms with Crippen LogP contribution >= 0.6 is 0 Å².